The van der Waals surface area contributed by atoms with Gasteiger partial charge in [-0.25, -0.2) is 14.4 Å². The van der Waals surface area contributed by atoms with Gasteiger partial charge >= 0.3 is 0 Å². The Hall–Kier alpha value is -1.87. The summed E-state index contributed by atoms with van der Waals surface area (Å²) in [5, 5.41) is 13.6. The van der Waals surface area contributed by atoms with Gasteiger partial charge in [-0.2, -0.15) is 0 Å². The van der Waals surface area contributed by atoms with Gasteiger partial charge in [0.2, 0.25) is 5.95 Å². The Morgan fingerprint density at radius 2 is 2.07 bits per heavy atom. The van der Waals surface area contributed by atoms with Gasteiger partial charge in [0, 0.05) is 12.8 Å². The van der Waals surface area contributed by atoms with Gasteiger partial charge in [0.15, 0.2) is 5.82 Å². The van der Waals surface area contributed by atoms with Crippen molar-refractivity contribution >= 4 is 39.1 Å². The Bertz CT molecular complexity index is 1070. The normalized spacial score (nSPS) is 22.6. The minimum atomic E-state index is -0.665. The number of ether oxygens (including phenoxy) is 1. The predicted octanol–water partition coefficient (Wildman–Crippen LogP) is 4.77. The summed E-state index contributed by atoms with van der Waals surface area (Å²) < 4.78 is 21.0. The fourth-order valence-corrected chi connectivity index (χ4v) is 5.98. The Labute approximate surface area is 182 Å². The summed E-state index contributed by atoms with van der Waals surface area (Å²) in [5.74, 6) is 0.222. The first-order valence-electron chi connectivity index (χ1n) is 10.2. The highest BCUT2D eigenvalue weighted by Crippen LogP contribution is 2.46. The van der Waals surface area contributed by atoms with E-state index in [0.29, 0.717) is 34.4 Å². The molecule has 0 radical (unpaired) electrons. The predicted molar refractivity (Wildman–Crippen MR) is 116 cm³/mol. The maximum Gasteiger partial charge on any atom is 0.223 e. The van der Waals surface area contributed by atoms with E-state index in [1.54, 1.807) is 6.20 Å². The van der Waals surface area contributed by atoms with E-state index in [2.05, 4.69) is 26.3 Å². The van der Waals surface area contributed by atoms with Crippen molar-refractivity contribution in [1.29, 1.82) is 0 Å². The first-order valence-corrected chi connectivity index (χ1v) is 11.4. The van der Waals surface area contributed by atoms with E-state index in [1.807, 2.05) is 0 Å². The lowest BCUT2D eigenvalue weighted by Crippen LogP contribution is -2.42. The number of nitrogens with one attached hydrogen (secondary N) is 1. The molecule has 3 aromatic heterocycles. The quantitative estimate of drug-likeness (QED) is 0.598. The molecule has 2 fully saturated rings. The van der Waals surface area contributed by atoms with Crippen molar-refractivity contribution in [3.8, 4) is 10.6 Å². The highest BCUT2D eigenvalue weighted by atomic mass is 35.5. The van der Waals surface area contributed by atoms with Crippen molar-refractivity contribution in [2.75, 3.05) is 18.5 Å². The summed E-state index contributed by atoms with van der Waals surface area (Å²) in [6, 6.07) is 1.82. The first-order chi connectivity index (χ1) is 14.6. The number of aliphatic hydroxyl groups is 1. The van der Waals surface area contributed by atoms with Crippen molar-refractivity contribution in [1.82, 2.24) is 15.0 Å². The van der Waals surface area contributed by atoms with Gasteiger partial charge in [-0.3, -0.25) is 4.98 Å². The van der Waals surface area contributed by atoms with E-state index in [-0.39, 0.29) is 24.3 Å². The van der Waals surface area contributed by atoms with E-state index >= 15 is 0 Å². The molecule has 0 spiro atoms. The van der Waals surface area contributed by atoms with Crippen LogP contribution in [0.15, 0.2) is 18.5 Å². The van der Waals surface area contributed by atoms with Gasteiger partial charge < -0.3 is 15.2 Å². The molecule has 1 saturated carbocycles. The zero-order valence-corrected chi connectivity index (χ0v) is 17.8. The summed E-state index contributed by atoms with van der Waals surface area (Å²) in [7, 11) is 0. The molecule has 3 aromatic rings. The molecule has 2 atom stereocenters. The second kappa shape index (κ2) is 8.34. The second-order valence-corrected chi connectivity index (χ2v) is 9.27. The lowest BCUT2D eigenvalue weighted by molar-refractivity contribution is -0.0136. The number of aromatic nitrogens is 3. The van der Waals surface area contributed by atoms with Crippen LogP contribution in [0.2, 0.25) is 5.02 Å². The van der Waals surface area contributed by atoms with Crippen LogP contribution in [0.1, 0.15) is 43.6 Å². The van der Waals surface area contributed by atoms with Gasteiger partial charge in [0.1, 0.15) is 11.2 Å². The van der Waals surface area contributed by atoms with Crippen molar-refractivity contribution in [3.63, 3.8) is 0 Å². The number of rotatable bonds is 4. The van der Waals surface area contributed by atoms with Crippen LogP contribution in [0, 0.1) is 5.82 Å². The topological polar surface area (TPSA) is 80.2 Å². The number of nitrogens with zero attached hydrogens (tertiary/aromatic N) is 3. The smallest absolute Gasteiger partial charge is 0.223 e. The highest BCUT2D eigenvalue weighted by Gasteiger charge is 2.27. The fourth-order valence-electron chi connectivity index (χ4n) is 4.34. The van der Waals surface area contributed by atoms with Crippen LogP contribution < -0.4 is 5.32 Å². The molecular formula is C21H22ClFN4O2S. The van der Waals surface area contributed by atoms with Gasteiger partial charge in [0.25, 0.3) is 0 Å². The van der Waals surface area contributed by atoms with Crippen LogP contribution in [0.5, 0.6) is 0 Å². The molecule has 158 valence electrons. The summed E-state index contributed by atoms with van der Waals surface area (Å²) in [5.41, 5.74) is 2.10. The van der Waals surface area contributed by atoms with E-state index in [4.69, 9.17) is 16.3 Å². The molecule has 9 heteroatoms. The average Bonchev–Trinajstić information content (AvgIpc) is 3.40. The Kier molecular flexibility index (Phi) is 5.58. The molecule has 5 rings (SSSR count). The van der Waals surface area contributed by atoms with Crippen molar-refractivity contribution < 1.29 is 14.2 Å². The molecule has 2 aliphatic rings. The molecular weight excluding hydrogens is 427 g/mol. The Balaban J connectivity index is 1.53. The van der Waals surface area contributed by atoms with Crippen molar-refractivity contribution in [2.24, 2.45) is 0 Å². The van der Waals surface area contributed by atoms with Gasteiger partial charge in [-0.05, 0) is 36.8 Å². The van der Waals surface area contributed by atoms with Crippen molar-refractivity contribution in [2.45, 2.75) is 50.2 Å². The van der Waals surface area contributed by atoms with E-state index in [1.165, 1.54) is 29.7 Å². The number of anilines is 1. The van der Waals surface area contributed by atoms with Crippen LogP contribution in [-0.4, -0.2) is 45.4 Å². The van der Waals surface area contributed by atoms with Gasteiger partial charge in [-0.1, -0.05) is 24.4 Å². The number of halogens is 2. The third kappa shape index (κ3) is 3.66. The maximum atomic E-state index is 14.7. The number of pyridine rings is 1. The molecule has 4 heterocycles. The van der Waals surface area contributed by atoms with E-state index < -0.39 is 11.9 Å². The highest BCUT2D eigenvalue weighted by molar-refractivity contribution is 7.23. The van der Waals surface area contributed by atoms with Crippen LogP contribution in [-0.2, 0) is 4.74 Å². The minimum absolute atomic E-state index is 0.152. The monoisotopic (exact) mass is 448 g/mol. The zero-order valence-electron chi connectivity index (χ0n) is 16.3. The second-order valence-electron chi connectivity index (χ2n) is 7.88. The van der Waals surface area contributed by atoms with Gasteiger partial charge in [0.05, 0.1) is 39.5 Å². The summed E-state index contributed by atoms with van der Waals surface area (Å²) in [4.78, 5) is 13.5. The lowest BCUT2D eigenvalue weighted by Gasteiger charge is -2.28. The van der Waals surface area contributed by atoms with E-state index in [9.17, 15) is 9.50 Å². The standard InChI is InChI=1S/C21H22ClFN4O2S/c22-16-18-19(12(5-7-24-18)11-3-1-2-4-11)30-20(16)17-13(23)9-25-21(27-17)26-14-6-8-29-10-15(14)28/h5,7,9,11,14-15,28H,1-4,6,8,10H2,(H,25,26,27)/t14-,15-/m1/s1. The number of thiophene rings is 1. The van der Waals surface area contributed by atoms with Crippen LogP contribution >= 0.6 is 22.9 Å². The zero-order chi connectivity index (χ0) is 20.7. The molecule has 0 aromatic carbocycles. The molecule has 6 nitrogen and oxygen atoms in total. The summed E-state index contributed by atoms with van der Waals surface area (Å²) in [6.07, 6.45) is 7.66. The molecule has 2 N–H and O–H groups in total. The summed E-state index contributed by atoms with van der Waals surface area (Å²) in [6.45, 7) is 0.796. The maximum absolute atomic E-state index is 14.7. The largest absolute Gasteiger partial charge is 0.389 e. The molecule has 0 amide bonds. The Morgan fingerprint density at radius 1 is 1.23 bits per heavy atom. The third-order valence-electron chi connectivity index (χ3n) is 5.94. The first kappa shape index (κ1) is 20.1. The van der Waals surface area contributed by atoms with Crippen LogP contribution in [0.3, 0.4) is 0 Å². The third-order valence-corrected chi connectivity index (χ3v) is 7.66. The van der Waals surface area contributed by atoms with Crippen LogP contribution in [0.25, 0.3) is 20.8 Å². The molecule has 0 unspecified atom stereocenters. The molecule has 0 bridgehead atoms. The molecule has 1 aliphatic heterocycles. The molecule has 1 aliphatic carbocycles. The number of hydrogen-bond acceptors (Lipinski definition) is 7. The number of aliphatic hydroxyl groups excluding tert-OH is 1. The number of fused-ring (bicyclic) bond motifs is 1. The average molecular weight is 449 g/mol. The number of hydrogen-bond donors (Lipinski definition) is 2. The van der Waals surface area contributed by atoms with Gasteiger partial charge in [-0.15, -0.1) is 11.3 Å². The SMILES string of the molecule is O[C@@H]1COCC[C@H]1Nc1ncc(F)c(-c2sc3c(C4CCCC4)ccnc3c2Cl)n1. The lowest BCUT2D eigenvalue weighted by atomic mass is 9.98. The minimum Gasteiger partial charge on any atom is -0.389 e. The Morgan fingerprint density at radius 3 is 2.87 bits per heavy atom. The fraction of sp³-hybridized carbons (Fsp3) is 0.476. The summed E-state index contributed by atoms with van der Waals surface area (Å²) >= 11 is 8.09. The van der Waals surface area contributed by atoms with Crippen molar-refractivity contribution in [3.05, 3.63) is 34.9 Å². The molecule has 1 saturated heterocycles. The van der Waals surface area contributed by atoms with E-state index in [0.717, 1.165) is 23.7 Å². The van der Waals surface area contributed by atoms with Crippen LogP contribution in [0.4, 0.5) is 10.3 Å². The molecule has 30 heavy (non-hydrogen) atoms.